The van der Waals surface area contributed by atoms with Gasteiger partial charge in [0.15, 0.2) is 6.61 Å². The Hall–Kier alpha value is -2.24. The number of hydrogen-bond donors (Lipinski definition) is 1. The van der Waals surface area contributed by atoms with Crippen LogP contribution in [0, 0.1) is 0 Å². The second-order valence-corrected chi connectivity index (χ2v) is 7.11. The first-order valence-corrected chi connectivity index (χ1v) is 9.87. The number of amides is 2. The number of benzene rings is 2. The fourth-order valence-electron chi connectivity index (χ4n) is 2.57. The lowest BCUT2D eigenvalue weighted by Crippen LogP contribution is -2.49. The molecule has 0 fully saturated rings. The Morgan fingerprint density at radius 1 is 1.07 bits per heavy atom. The first-order valence-electron chi connectivity index (χ1n) is 9.12. The lowest BCUT2D eigenvalue weighted by Gasteiger charge is -2.29. The maximum atomic E-state index is 12.9. The van der Waals surface area contributed by atoms with Crippen LogP contribution in [0.1, 0.15) is 25.8 Å². The minimum atomic E-state index is -0.676. The van der Waals surface area contributed by atoms with Crippen molar-refractivity contribution in [1.82, 2.24) is 10.2 Å². The zero-order chi connectivity index (χ0) is 20.5. The van der Waals surface area contributed by atoms with E-state index in [9.17, 15) is 9.59 Å². The van der Waals surface area contributed by atoms with E-state index in [0.717, 1.165) is 12.0 Å². The number of carbonyl (C=O) groups is 2. The first kappa shape index (κ1) is 22.1. The lowest BCUT2D eigenvalue weighted by atomic mass is 10.1. The minimum Gasteiger partial charge on any atom is -0.482 e. The molecule has 0 aliphatic carbocycles. The highest BCUT2D eigenvalue weighted by molar-refractivity contribution is 6.32. The van der Waals surface area contributed by atoms with Crippen molar-refractivity contribution in [2.75, 3.05) is 13.2 Å². The summed E-state index contributed by atoms with van der Waals surface area (Å²) in [5.41, 5.74) is 0.755. The van der Waals surface area contributed by atoms with Crippen molar-refractivity contribution in [3.05, 3.63) is 64.1 Å². The van der Waals surface area contributed by atoms with E-state index in [-0.39, 0.29) is 25.0 Å². The summed E-state index contributed by atoms with van der Waals surface area (Å²) in [4.78, 5) is 26.8. The van der Waals surface area contributed by atoms with Gasteiger partial charge in [-0.1, -0.05) is 60.5 Å². The van der Waals surface area contributed by atoms with Gasteiger partial charge in [0.05, 0.1) is 5.02 Å². The molecule has 0 spiro atoms. The SMILES string of the molecule is CCCNC(=O)[C@@H](C)N(Cc1ccccc1Cl)C(=O)COc1ccccc1Cl. The van der Waals surface area contributed by atoms with Gasteiger partial charge < -0.3 is 15.0 Å². The van der Waals surface area contributed by atoms with Crippen molar-refractivity contribution >= 4 is 35.0 Å². The Morgan fingerprint density at radius 3 is 2.36 bits per heavy atom. The van der Waals surface area contributed by atoms with Crippen LogP contribution in [0.3, 0.4) is 0 Å². The largest absolute Gasteiger partial charge is 0.482 e. The predicted molar refractivity (Wildman–Crippen MR) is 112 cm³/mol. The van der Waals surface area contributed by atoms with Crippen molar-refractivity contribution in [2.45, 2.75) is 32.9 Å². The fraction of sp³-hybridized carbons (Fsp3) is 0.333. The van der Waals surface area contributed by atoms with Crippen LogP contribution in [-0.4, -0.2) is 35.9 Å². The highest BCUT2D eigenvalue weighted by Crippen LogP contribution is 2.23. The summed E-state index contributed by atoms with van der Waals surface area (Å²) in [6.07, 6.45) is 0.812. The monoisotopic (exact) mass is 422 g/mol. The van der Waals surface area contributed by atoms with Crippen LogP contribution < -0.4 is 10.1 Å². The van der Waals surface area contributed by atoms with Crippen molar-refractivity contribution < 1.29 is 14.3 Å². The van der Waals surface area contributed by atoms with E-state index in [1.165, 1.54) is 4.90 Å². The molecule has 0 aliphatic heterocycles. The van der Waals surface area contributed by atoms with Gasteiger partial charge >= 0.3 is 0 Å². The Balaban J connectivity index is 2.16. The van der Waals surface area contributed by atoms with E-state index in [1.807, 2.05) is 25.1 Å². The molecule has 7 heteroatoms. The molecule has 0 bridgehead atoms. The molecule has 2 amide bonds. The van der Waals surface area contributed by atoms with E-state index in [4.69, 9.17) is 27.9 Å². The smallest absolute Gasteiger partial charge is 0.261 e. The number of rotatable bonds is 9. The number of para-hydroxylation sites is 1. The van der Waals surface area contributed by atoms with Crippen LogP contribution in [0.5, 0.6) is 5.75 Å². The summed E-state index contributed by atoms with van der Waals surface area (Å²) >= 11 is 12.3. The third-order valence-corrected chi connectivity index (χ3v) is 4.88. The van der Waals surface area contributed by atoms with Crippen LogP contribution in [0.15, 0.2) is 48.5 Å². The van der Waals surface area contributed by atoms with Gasteiger partial charge in [-0.3, -0.25) is 9.59 Å². The van der Waals surface area contributed by atoms with E-state index < -0.39 is 6.04 Å². The third kappa shape index (κ3) is 6.14. The molecule has 1 N–H and O–H groups in total. The molecular formula is C21H24Cl2N2O3. The number of hydrogen-bond acceptors (Lipinski definition) is 3. The number of nitrogens with one attached hydrogen (secondary N) is 1. The molecule has 150 valence electrons. The zero-order valence-electron chi connectivity index (χ0n) is 16.0. The van der Waals surface area contributed by atoms with Crippen molar-refractivity contribution in [3.63, 3.8) is 0 Å². The van der Waals surface area contributed by atoms with Gasteiger partial charge in [0, 0.05) is 18.1 Å². The first-order chi connectivity index (χ1) is 13.4. The van der Waals surface area contributed by atoms with Gasteiger partial charge in [0.1, 0.15) is 11.8 Å². The molecule has 0 radical (unpaired) electrons. The standard InChI is InChI=1S/C21H24Cl2N2O3/c1-3-12-24-21(27)15(2)25(13-16-8-4-5-9-17(16)22)20(26)14-28-19-11-7-6-10-18(19)23/h4-11,15H,3,12-14H2,1-2H3,(H,24,27)/t15-/m1/s1. The normalized spacial score (nSPS) is 11.6. The van der Waals surface area contributed by atoms with E-state index in [0.29, 0.717) is 22.3 Å². The van der Waals surface area contributed by atoms with E-state index in [2.05, 4.69) is 5.32 Å². The number of ether oxygens (including phenoxy) is 1. The molecule has 2 aromatic rings. The van der Waals surface area contributed by atoms with Gasteiger partial charge in [-0.05, 0) is 37.1 Å². The Morgan fingerprint density at radius 2 is 1.71 bits per heavy atom. The second-order valence-electron chi connectivity index (χ2n) is 6.30. The highest BCUT2D eigenvalue weighted by Gasteiger charge is 2.27. The molecule has 0 heterocycles. The summed E-state index contributed by atoms with van der Waals surface area (Å²) in [6, 6.07) is 13.5. The van der Waals surface area contributed by atoms with Gasteiger partial charge in [-0.2, -0.15) is 0 Å². The summed E-state index contributed by atoms with van der Waals surface area (Å²) < 4.78 is 5.57. The molecule has 2 aromatic carbocycles. The number of carbonyl (C=O) groups excluding carboxylic acids is 2. The molecule has 1 atom stereocenters. The zero-order valence-corrected chi connectivity index (χ0v) is 17.5. The Bertz CT molecular complexity index is 814. The second kappa shape index (κ2) is 10.9. The van der Waals surface area contributed by atoms with Crippen LogP contribution in [0.4, 0.5) is 0 Å². The lowest BCUT2D eigenvalue weighted by molar-refractivity contribution is -0.142. The number of nitrogens with zero attached hydrogens (tertiary/aromatic N) is 1. The molecule has 0 saturated heterocycles. The predicted octanol–water partition coefficient (Wildman–Crippen LogP) is 4.32. The fourth-order valence-corrected chi connectivity index (χ4v) is 2.96. The van der Waals surface area contributed by atoms with Crippen LogP contribution in [0.2, 0.25) is 10.0 Å². The van der Waals surface area contributed by atoms with Crippen molar-refractivity contribution in [2.24, 2.45) is 0 Å². The van der Waals surface area contributed by atoms with Crippen LogP contribution in [-0.2, 0) is 16.1 Å². The summed E-state index contributed by atoms with van der Waals surface area (Å²) in [7, 11) is 0. The average molecular weight is 423 g/mol. The van der Waals surface area contributed by atoms with Gasteiger partial charge in [-0.15, -0.1) is 0 Å². The van der Waals surface area contributed by atoms with Gasteiger partial charge in [0.25, 0.3) is 5.91 Å². The molecular weight excluding hydrogens is 399 g/mol. The van der Waals surface area contributed by atoms with E-state index >= 15 is 0 Å². The summed E-state index contributed by atoms with van der Waals surface area (Å²) in [6.45, 7) is 4.17. The highest BCUT2D eigenvalue weighted by atomic mass is 35.5. The molecule has 0 saturated carbocycles. The minimum absolute atomic E-state index is 0.200. The average Bonchev–Trinajstić information content (AvgIpc) is 2.70. The Labute approximate surface area is 175 Å². The van der Waals surface area contributed by atoms with Crippen molar-refractivity contribution in [1.29, 1.82) is 0 Å². The number of halogens is 2. The molecule has 0 unspecified atom stereocenters. The van der Waals surface area contributed by atoms with Crippen LogP contribution in [0.25, 0.3) is 0 Å². The molecule has 28 heavy (non-hydrogen) atoms. The summed E-state index contributed by atoms with van der Waals surface area (Å²) in [5.74, 6) is -0.141. The Kier molecular flexibility index (Phi) is 8.61. The molecule has 0 aliphatic rings. The molecule has 0 aromatic heterocycles. The quantitative estimate of drug-likeness (QED) is 0.654. The van der Waals surface area contributed by atoms with Crippen LogP contribution >= 0.6 is 23.2 Å². The van der Waals surface area contributed by atoms with Crippen molar-refractivity contribution in [3.8, 4) is 5.75 Å². The third-order valence-electron chi connectivity index (χ3n) is 4.20. The topological polar surface area (TPSA) is 58.6 Å². The molecule has 2 rings (SSSR count). The summed E-state index contributed by atoms with van der Waals surface area (Å²) in [5, 5.41) is 3.78. The maximum Gasteiger partial charge on any atom is 0.261 e. The maximum absolute atomic E-state index is 12.9. The van der Waals surface area contributed by atoms with Gasteiger partial charge in [0.2, 0.25) is 5.91 Å². The van der Waals surface area contributed by atoms with E-state index in [1.54, 1.807) is 37.3 Å². The molecule has 5 nitrogen and oxygen atoms in total. The van der Waals surface area contributed by atoms with Gasteiger partial charge in [-0.25, -0.2) is 0 Å².